The predicted molar refractivity (Wildman–Crippen MR) is 86.9 cm³/mol. The van der Waals surface area contributed by atoms with Crippen LogP contribution < -0.4 is 12.4 Å². The van der Waals surface area contributed by atoms with Crippen molar-refractivity contribution in [1.82, 2.24) is 0 Å². The van der Waals surface area contributed by atoms with Crippen LogP contribution in [0.3, 0.4) is 0 Å². The van der Waals surface area contributed by atoms with E-state index >= 15 is 0 Å². The molecule has 5 heteroatoms. The number of hydrogen-bond acceptors (Lipinski definition) is 3. The average molecular weight is 337 g/mol. The number of halogens is 1. The number of ether oxygens (including phenoxy) is 3. The van der Waals surface area contributed by atoms with E-state index in [4.69, 9.17) is 14.2 Å². The number of rotatable bonds is 2. The third-order valence-electron chi connectivity index (χ3n) is 3.06. The molecule has 21 heavy (non-hydrogen) atoms. The van der Waals surface area contributed by atoms with Gasteiger partial charge in [-0.15, -0.1) is 0 Å². The Morgan fingerprint density at radius 3 is 0.857 bits per heavy atom. The Hall–Kier alpha value is 0.702. The molecule has 3 aliphatic rings. The van der Waals surface area contributed by atoms with E-state index < -0.39 is 0 Å². The number of hydrogen-bond donors (Lipinski definition) is 0. The summed E-state index contributed by atoms with van der Waals surface area (Å²) in [6, 6.07) is 0. The molecule has 0 aromatic rings. The quantitative estimate of drug-likeness (QED) is 0.703. The van der Waals surface area contributed by atoms with Crippen molar-refractivity contribution in [1.29, 1.82) is 0 Å². The van der Waals surface area contributed by atoms with Crippen molar-refractivity contribution in [2.75, 3.05) is 39.6 Å². The maximum absolute atomic E-state index is 4.94. The zero-order valence-electron chi connectivity index (χ0n) is 14.1. The molecule has 0 spiro atoms. The van der Waals surface area contributed by atoms with Gasteiger partial charge in [0.1, 0.15) is 0 Å². The van der Waals surface area contributed by atoms with E-state index in [1.54, 1.807) is 0 Å². The minimum atomic E-state index is 0. The Labute approximate surface area is 144 Å². The van der Waals surface area contributed by atoms with Gasteiger partial charge in [-0.1, -0.05) is 0 Å². The molecule has 0 aromatic heterocycles. The summed E-state index contributed by atoms with van der Waals surface area (Å²) in [5.41, 5.74) is 0. The van der Waals surface area contributed by atoms with Gasteiger partial charge >= 0.3 is 39.6 Å². The van der Waals surface area contributed by atoms with Crippen LogP contribution in [0, 0.1) is 0 Å². The molecular formula is C16H34AlClO3. The van der Waals surface area contributed by atoms with Crippen LogP contribution in [0.15, 0.2) is 0 Å². The van der Waals surface area contributed by atoms with Gasteiger partial charge < -0.3 is 26.6 Å². The molecule has 0 unspecified atom stereocenters. The van der Waals surface area contributed by atoms with E-state index in [1.165, 1.54) is 49.1 Å². The van der Waals surface area contributed by atoms with Crippen LogP contribution in [0.2, 0.25) is 10.6 Å². The van der Waals surface area contributed by atoms with Gasteiger partial charge in [-0.2, -0.15) is 0 Å². The molecule has 3 saturated heterocycles. The SMILES string of the molecule is C1CCOC1.C1CCOC1.C1CCOC1.C[CH2][Al+][CH2]C.[Cl-]. The van der Waals surface area contributed by atoms with Gasteiger partial charge in [0.25, 0.3) is 0 Å². The molecule has 3 nitrogen and oxygen atoms in total. The van der Waals surface area contributed by atoms with E-state index in [0.717, 1.165) is 54.9 Å². The molecule has 3 aliphatic heterocycles. The van der Waals surface area contributed by atoms with E-state index in [-0.39, 0.29) is 12.4 Å². The first-order valence-corrected chi connectivity index (χ1v) is 10.1. The zero-order chi connectivity index (χ0) is 14.7. The normalized spacial score (nSPS) is 18.8. The average Bonchev–Trinajstić information content (AvgIpc) is 3.27. The van der Waals surface area contributed by atoms with Crippen molar-refractivity contribution in [2.24, 2.45) is 0 Å². The minimum absolute atomic E-state index is 0. The van der Waals surface area contributed by atoms with Gasteiger partial charge in [0.2, 0.25) is 0 Å². The van der Waals surface area contributed by atoms with Crippen molar-refractivity contribution in [3.63, 3.8) is 0 Å². The third-order valence-corrected chi connectivity index (χ3v) is 4.21. The van der Waals surface area contributed by atoms with Crippen LogP contribution in [0.1, 0.15) is 52.4 Å². The Kier molecular flexibility index (Phi) is 26.2. The molecule has 3 fully saturated rings. The van der Waals surface area contributed by atoms with Gasteiger partial charge in [-0.25, -0.2) is 0 Å². The zero-order valence-corrected chi connectivity index (χ0v) is 16.0. The van der Waals surface area contributed by atoms with Crippen molar-refractivity contribution in [3.05, 3.63) is 0 Å². The van der Waals surface area contributed by atoms with Crippen LogP contribution in [0.5, 0.6) is 0 Å². The molecule has 126 valence electrons. The fourth-order valence-corrected chi connectivity index (χ4v) is 2.40. The molecule has 0 radical (unpaired) electrons. The van der Waals surface area contributed by atoms with Crippen molar-refractivity contribution < 1.29 is 26.6 Å². The molecule has 0 amide bonds. The second kappa shape index (κ2) is 23.0. The van der Waals surface area contributed by atoms with Gasteiger partial charge in [0.15, 0.2) is 0 Å². The topological polar surface area (TPSA) is 27.7 Å². The Morgan fingerprint density at radius 2 is 0.810 bits per heavy atom. The standard InChI is InChI=1S/3C4H8O.2C2H5.Al.ClH/c3*1-2-4-5-3-1;2*1-2;;/h3*1-4H2;2*1H2,2H3;;1H/q;;;;;+1;/p-1. The minimum Gasteiger partial charge on any atom is -1.00 e. The summed E-state index contributed by atoms with van der Waals surface area (Å²) in [7, 11) is 0. The second-order valence-electron chi connectivity index (χ2n) is 5.06. The molecule has 0 aliphatic carbocycles. The van der Waals surface area contributed by atoms with Crippen LogP contribution in [0.25, 0.3) is 0 Å². The summed E-state index contributed by atoms with van der Waals surface area (Å²) >= 11 is 0.815. The van der Waals surface area contributed by atoms with E-state index in [2.05, 4.69) is 13.8 Å². The van der Waals surface area contributed by atoms with Crippen molar-refractivity contribution in [3.8, 4) is 0 Å². The largest absolute Gasteiger partial charge is 1.00 e. The first-order valence-electron chi connectivity index (χ1n) is 8.46. The molecular weight excluding hydrogens is 303 g/mol. The van der Waals surface area contributed by atoms with E-state index in [0.29, 0.717) is 0 Å². The van der Waals surface area contributed by atoms with E-state index in [9.17, 15) is 0 Å². The fourth-order valence-electron chi connectivity index (χ4n) is 1.82. The third kappa shape index (κ3) is 23.1. The smallest absolute Gasteiger partial charge is 1.00 e. The van der Waals surface area contributed by atoms with E-state index in [1.807, 2.05) is 0 Å². The molecule has 0 atom stereocenters. The van der Waals surface area contributed by atoms with Gasteiger partial charge in [0, 0.05) is 39.6 Å². The first-order chi connectivity index (χ1) is 9.91. The first kappa shape index (κ1) is 24.0. The van der Waals surface area contributed by atoms with Crippen LogP contribution in [-0.2, 0) is 14.2 Å². The summed E-state index contributed by atoms with van der Waals surface area (Å²) in [5, 5.41) is 2.85. The second-order valence-corrected chi connectivity index (χ2v) is 7.27. The summed E-state index contributed by atoms with van der Waals surface area (Å²) in [4.78, 5) is 0. The molecule has 3 rings (SSSR count). The monoisotopic (exact) mass is 336 g/mol. The van der Waals surface area contributed by atoms with Crippen LogP contribution in [-0.4, -0.2) is 54.9 Å². The summed E-state index contributed by atoms with van der Waals surface area (Å²) < 4.78 is 14.8. The maximum Gasteiger partial charge on any atom is -1.00 e. The molecule has 0 aromatic carbocycles. The van der Waals surface area contributed by atoms with Crippen molar-refractivity contribution in [2.45, 2.75) is 62.9 Å². The Bertz CT molecular complexity index is 113. The summed E-state index contributed by atoms with van der Waals surface area (Å²) in [6.45, 7) is 10.5. The molecule has 3 heterocycles. The Balaban J connectivity index is 0. The fraction of sp³-hybridized carbons (Fsp3) is 1.00. The van der Waals surface area contributed by atoms with Gasteiger partial charge in [-0.3, -0.25) is 0 Å². The van der Waals surface area contributed by atoms with Gasteiger partial charge in [0.05, 0.1) is 0 Å². The van der Waals surface area contributed by atoms with Crippen molar-refractivity contribution >= 4 is 15.2 Å². The molecule has 0 N–H and O–H groups in total. The summed E-state index contributed by atoms with van der Waals surface area (Å²) in [5.74, 6) is 0. The van der Waals surface area contributed by atoms with Crippen LogP contribution in [0.4, 0.5) is 0 Å². The Morgan fingerprint density at radius 1 is 0.571 bits per heavy atom. The molecule has 0 bridgehead atoms. The summed E-state index contributed by atoms with van der Waals surface area (Å²) in [6.07, 6.45) is 7.67. The maximum atomic E-state index is 4.94. The van der Waals surface area contributed by atoms with Gasteiger partial charge in [-0.05, 0) is 38.5 Å². The predicted octanol–water partition coefficient (Wildman–Crippen LogP) is 0.961. The van der Waals surface area contributed by atoms with Crippen LogP contribution >= 0.6 is 0 Å². The molecule has 0 saturated carbocycles.